The average molecular weight is 387 g/mol. The second kappa shape index (κ2) is 10.9. The van der Waals surface area contributed by atoms with Crippen molar-refractivity contribution in [3.8, 4) is 0 Å². The molecule has 4 N–H and O–H groups in total. The molecule has 0 saturated carbocycles. The highest BCUT2D eigenvalue weighted by molar-refractivity contribution is 5.89. The molecule has 0 bridgehead atoms. The van der Waals surface area contributed by atoms with Crippen LogP contribution in [0.5, 0.6) is 0 Å². The number of anilines is 1. The molecule has 1 heterocycles. The molecule has 152 valence electrons. The Bertz CT molecular complexity index is 766. The number of aliphatic imine (C=N–C) groups is 1. The quantitative estimate of drug-likeness (QED) is 0.408. The van der Waals surface area contributed by atoms with Crippen molar-refractivity contribution in [1.82, 2.24) is 30.7 Å². The van der Waals surface area contributed by atoms with Gasteiger partial charge in [0.05, 0.1) is 0 Å². The highest BCUT2D eigenvalue weighted by Gasteiger charge is 2.04. The molecule has 0 aliphatic rings. The number of aromatic nitrogens is 3. The first-order valence-electron chi connectivity index (χ1n) is 9.49. The molecule has 0 unspecified atom stereocenters. The number of hydrogen-bond donors (Lipinski definition) is 4. The van der Waals surface area contributed by atoms with E-state index in [9.17, 15) is 4.79 Å². The van der Waals surface area contributed by atoms with Gasteiger partial charge in [0, 0.05) is 44.8 Å². The third-order valence-corrected chi connectivity index (χ3v) is 3.97. The molecule has 28 heavy (non-hydrogen) atoms. The Morgan fingerprint density at radius 2 is 1.96 bits per heavy atom. The molecule has 1 aromatic heterocycles. The zero-order valence-electron chi connectivity index (χ0n) is 17.0. The Morgan fingerprint density at radius 1 is 1.21 bits per heavy atom. The van der Waals surface area contributed by atoms with Gasteiger partial charge in [-0.3, -0.25) is 4.99 Å². The van der Waals surface area contributed by atoms with Gasteiger partial charge in [0.1, 0.15) is 12.2 Å². The van der Waals surface area contributed by atoms with Crippen LogP contribution in [0.25, 0.3) is 0 Å². The van der Waals surface area contributed by atoms with Gasteiger partial charge in [-0.25, -0.2) is 4.79 Å². The standard InChI is InChI=1S/C19H30N8O/c1-5-17-26-23-13-27(17)11-10-21-18(20-4)22-12-15-6-8-16(9-7-15)25-19(28)24-14(2)3/h6-9,13-14H,5,10-12H2,1-4H3,(H2,20,21,22)(H2,24,25,28). The van der Waals surface area contributed by atoms with E-state index in [1.54, 1.807) is 13.4 Å². The maximum absolute atomic E-state index is 11.7. The van der Waals surface area contributed by atoms with Gasteiger partial charge >= 0.3 is 6.03 Å². The Morgan fingerprint density at radius 3 is 2.61 bits per heavy atom. The number of carbonyl (C=O) groups is 1. The lowest BCUT2D eigenvalue weighted by Crippen LogP contribution is -2.38. The van der Waals surface area contributed by atoms with Crippen molar-refractivity contribution in [1.29, 1.82) is 0 Å². The minimum atomic E-state index is -0.204. The van der Waals surface area contributed by atoms with Crippen LogP contribution in [0, 0.1) is 0 Å². The second-order valence-electron chi connectivity index (χ2n) is 6.60. The molecule has 9 nitrogen and oxygen atoms in total. The lowest BCUT2D eigenvalue weighted by molar-refractivity contribution is 0.250. The molecular formula is C19H30N8O. The normalized spacial score (nSPS) is 11.4. The van der Waals surface area contributed by atoms with E-state index in [1.165, 1.54) is 0 Å². The van der Waals surface area contributed by atoms with Gasteiger partial charge in [-0.05, 0) is 31.5 Å². The van der Waals surface area contributed by atoms with E-state index in [2.05, 4.69) is 43.4 Å². The van der Waals surface area contributed by atoms with Crippen LogP contribution in [0.1, 0.15) is 32.2 Å². The highest BCUT2D eigenvalue weighted by atomic mass is 16.2. The van der Waals surface area contributed by atoms with Gasteiger partial charge in [-0.2, -0.15) is 0 Å². The third-order valence-electron chi connectivity index (χ3n) is 3.97. The van der Waals surface area contributed by atoms with E-state index in [1.807, 2.05) is 42.7 Å². The summed E-state index contributed by atoms with van der Waals surface area (Å²) in [5, 5.41) is 20.2. The number of guanidine groups is 1. The number of urea groups is 1. The van der Waals surface area contributed by atoms with Crippen LogP contribution in [0.2, 0.25) is 0 Å². The van der Waals surface area contributed by atoms with Gasteiger partial charge in [0.25, 0.3) is 0 Å². The monoisotopic (exact) mass is 386 g/mol. The topological polar surface area (TPSA) is 108 Å². The van der Waals surface area contributed by atoms with E-state index in [-0.39, 0.29) is 12.1 Å². The molecule has 0 atom stereocenters. The van der Waals surface area contributed by atoms with E-state index in [0.717, 1.165) is 42.5 Å². The van der Waals surface area contributed by atoms with Crippen LogP contribution >= 0.6 is 0 Å². The predicted molar refractivity (Wildman–Crippen MR) is 111 cm³/mol. The Balaban J connectivity index is 1.76. The molecular weight excluding hydrogens is 356 g/mol. The van der Waals surface area contributed by atoms with Crippen molar-refractivity contribution in [2.45, 2.75) is 46.3 Å². The summed E-state index contributed by atoms with van der Waals surface area (Å²) in [6, 6.07) is 7.59. The van der Waals surface area contributed by atoms with E-state index in [4.69, 9.17) is 0 Å². The molecule has 0 aliphatic heterocycles. The number of nitrogens with zero attached hydrogens (tertiary/aromatic N) is 4. The third kappa shape index (κ3) is 6.90. The lowest BCUT2D eigenvalue weighted by Gasteiger charge is -2.13. The van der Waals surface area contributed by atoms with Crippen molar-refractivity contribution in [3.05, 3.63) is 42.0 Å². The Labute approximate surface area is 166 Å². The number of aryl methyl sites for hydroxylation is 1. The van der Waals surface area contributed by atoms with Crippen LogP contribution in [-0.2, 0) is 19.5 Å². The second-order valence-corrected chi connectivity index (χ2v) is 6.60. The zero-order chi connectivity index (χ0) is 20.4. The summed E-state index contributed by atoms with van der Waals surface area (Å²) in [4.78, 5) is 16.0. The van der Waals surface area contributed by atoms with Gasteiger partial charge in [-0.15, -0.1) is 10.2 Å². The van der Waals surface area contributed by atoms with E-state index < -0.39 is 0 Å². The van der Waals surface area contributed by atoms with Gasteiger partial charge in [0.2, 0.25) is 0 Å². The molecule has 2 aromatic rings. The molecule has 9 heteroatoms. The van der Waals surface area contributed by atoms with Crippen molar-refractivity contribution >= 4 is 17.7 Å². The summed E-state index contributed by atoms with van der Waals surface area (Å²) in [7, 11) is 1.74. The molecule has 0 saturated heterocycles. The predicted octanol–water partition coefficient (Wildman–Crippen LogP) is 1.74. The van der Waals surface area contributed by atoms with E-state index >= 15 is 0 Å². The first-order valence-corrected chi connectivity index (χ1v) is 9.49. The largest absolute Gasteiger partial charge is 0.355 e. The Kier molecular flexibility index (Phi) is 8.26. The Hall–Kier alpha value is -3.10. The molecule has 0 fully saturated rings. The SMILES string of the molecule is CCc1nncn1CCNC(=NC)NCc1ccc(NC(=O)NC(C)C)cc1. The summed E-state index contributed by atoms with van der Waals surface area (Å²) in [6.45, 7) is 8.03. The fourth-order valence-corrected chi connectivity index (χ4v) is 2.58. The number of benzene rings is 1. The fourth-order valence-electron chi connectivity index (χ4n) is 2.58. The summed E-state index contributed by atoms with van der Waals surface area (Å²) in [6.07, 6.45) is 2.60. The zero-order valence-corrected chi connectivity index (χ0v) is 17.0. The molecule has 2 rings (SSSR count). The number of hydrogen-bond acceptors (Lipinski definition) is 4. The van der Waals surface area contributed by atoms with Gasteiger partial charge in [-0.1, -0.05) is 19.1 Å². The smallest absolute Gasteiger partial charge is 0.319 e. The van der Waals surface area contributed by atoms with Crippen LogP contribution in [0.4, 0.5) is 10.5 Å². The molecule has 0 spiro atoms. The molecule has 1 aromatic carbocycles. The summed E-state index contributed by atoms with van der Waals surface area (Å²) < 4.78 is 2.03. The summed E-state index contributed by atoms with van der Waals surface area (Å²) in [5.74, 6) is 1.70. The minimum absolute atomic E-state index is 0.0984. The van der Waals surface area contributed by atoms with Crippen molar-refractivity contribution in [2.75, 3.05) is 18.9 Å². The maximum Gasteiger partial charge on any atom is 0.319 e. The van der Waals surface area contributed by atoms with Crippen molar-refractivity contribution < 1.29 is 4.79 Å². The first-order chi connectivity index (χ1) is 13.5. The fraction of sp³-hybridized carbons (Fsp3) is 0.474. The number of rotatable bonds is 8. The van der Waals surface area contributed by atoms with Gasteiger partial charge in [0.15, 0.2) is 5.96 Å². The van der Waals surface area contributed by atoms with Crippen LogP contribution in [0.3, 0.4) is 0 Å². The molecule has 0 aliphatic carbocycles. The number of carbonyl (C=O) groups excluding carboxylic acids is 1. The van der Waals surface area contributed by atoms with Crippen LogP contribution < -0.4 is 21.3 Å². The minimum Gasteiger partial charge on any atom is -0.355 e. The number of amides is 2. The molecule has 2 amide bonds. The van der Waals surface area contributed by atoms with Crippen molar-refractivity contribution in [3.63, 3.8) is 0 Å². The number of nitrogens with one attached hydrogen (secondary N) is 4. The summed E-state index contributed by atoms with van der Waals surface area (Å²) in [5.41, 5.74) is 1.84. The average Bonchev–Trinajstić information content (AvgIpc) is 3.12. The van der Waals surface area contributed by atoms with Gasteiger partial charge < -0.3 is 25.8 Å². The van der Waals surface area contributed by atoms with Crippen LogP contribution in [0.15, 0.2) is 35.6 Å². The summed E-state index contributed by atoms with van der Waals surface area (Å²) >= 11 is 0. The first kappa shape index (κ1) is 21.2. The van der Waals surface area contributed by atoms with E-state index in [0.29, 0.717) is 6.54 Å². The van der Waals surface area contributed by atoms with Crippen molar-refractivity contribution in [2.24, 2.45) is 4.99 Å². The highest BCUT2D eigenvalue weighted by Crippen LogP contribution is 2.09. The lowest BCUT2D eigenvalue weighted by atomic mass is 10.2. The van der Waals surface area contributed by atoms with Crippen LogP contribution in [-0.4, -0.2) is 46.4 Å². The maximum atomic E-state index is 11.7. The molecule has 0 radical (unpaired) electrons.